The zero-order chi connectivity index (χ0) is 38.2. The number of ether oxygens (including phenoxy) is 2. The van der Waals surface area contributed by atoms with Crippen molar-refractivity contribution in [2.24, 2.45) is 0 Å². The van der Waals surface area contributed by atoms with Crippen LogP contribution in [0.5, 0.6) is 11.5 Å². The Hall–Kier alpha value is -1.93. The second kappa shape index (κ2) is 32.2. The van der Waals surface area contributed by atoms with Crippen LogP contribution in [0.4, 0.5) is 0 Å². The average Bonchev–Trinajstić information content (AvgIpc) is 3.20. The highest BCUT2D eigenvalue weighted by Crippen LogP contribution is 2.43. The monoisotopic (exact) mass is 763 g/mol. The van der Waals surface area contributed by atoms with E-state index in [1.807, 2.05) is 0 Å². The van der Waals surface area contributed by atoms with Gasteiger partial charge in [0.2, 0.25) is 0 Å². The first kappa shape index (κ1) is 46.5. The van der Waals surface area contributed by atoms with Gasteiger partial charge in [-0.25, -0.2) is 0 Å². The van der Waals surface area contributed by atoms with Crippen LogP contribution in [0.3, 0.4) is 0 Å². The van der Waals surface area contributed by atoms with Gasteiger partial charge in [0.25, 0.3) is 0 Å². The molecule has 0 aromatic heterocycles. The molecule has 3 rings (SSSR count). The summed E-state index contributed by atoms with van der Waals surface area (Å²) in [6.07, 6.45) is 44.2. The Balaban J connectivity index is 1.33. The molecule has 0 aliphatic heterocycles. The first-order chi connectivity index (χ1) is 26.8. The summed E-state index contributed by atoms with van der Waals surface area (Å²) >= 11 is 6.34. The molecule has 0 fully saturated rings. The summed E-state index contributed by atoms with van der Waals surface area (Å²) in [5.41, 5.74) is 1.12. The Morgan fingerprint density at radius 2 is 0.648 bits per heavy atom. The molecule has 0 saturated heterocycles. The van der Waals surface area contributed by atoms with E-state index in [2.05, 4.69) is 56.3 Å². The van der Waals surface area contributed by atoms with Gasteiger partial charge in [-0.3, -0.25) is 0 Å². The van der Waals surface area contributed by atoms with E-state index in [0.29, 0.717) is 5.88 Å². The van der Waals surface area contributed by atoms with E-state index < -0.39 is 0 Å². The maximum absolute atomic E-state index is 6.65. The van der Waals surface area contributed by atoms with Crippen LogP contribution in [-0.4, -0.2) is 13.2 Å². The molecule has 0 spiro atoms. The third-order valence-corrected chi connectivity index (χ3v) is 11.9. The molecule has 0 radical (unpaired) electrons. The predicted molar refractivity (Wildman–Crippen MR) is 241 cm³/mol. The van der Waals surface area contributed by atoms with Crippen LogP contribution in [0.2, 0.25) is 0 Å². The summed E-state index contributed by atoms with van der Waals surface area (Å²) in [6.45, 7) is 6.11. The Bertz CT molecular complexity index is 1320. The van der Waals surface area contributed by atoms with Gasteiger partial charge in [-0.05, 0) is 24.5 Å². The number of benzene rings is 3. The van der Waals surface area contributed by atoms with Crippen LogP contribution in [-0.2, 0) is 5.88 Å². The third-order valence-electron chi connectivity index (χ3n) is 11.6. The van der Waals surface area contributed by atoms with Crippen LogP contribution in [0, 0.1) is 0 Å². The molecule has 0 bridgehead atoms. The van der Waals surface area contributed by atoms with Crippen molar-refractivity contribution in [3.8, 4) is 11.5 Å². The van der Waals surface area contributed by atoms with Crippen molar-refractivity contribution in [3.63, 3.8) is 0 Å². The van der Waals surface area contributed by atoms with Crippen molar-refractivity contribution < 1.29 is 9.47 Å². The fourth-order valence-corrected chi connectivity index (χ4v) is 8.36. The van der Waals surface area contributed by atoms with Crippen LogP contribution in [0.25, 0.3) is 21.5 Å². The molecule has 0 saturated carbocycles. The number of halogens is 1. The molecule has 54 heavy (non-hydrogen) atoms. The normalized spacial score (nSPS) is 11.6. The zero-order valence-corrected chi connectivity index (χ0v) is 36.2. The van der Waals surface area contributed by atoms with Crippen molar-refractivity contribution in [1.29, 1.82) is 0 Å². The summed E-state index contributed by atoms with van der Waals surface area (Å²) < 4.78 is 13.3. The lowest BCUT2D eigenvalue weighted by molar-refractivity contribution is 0.306. The Morgan fingerprint density at radius 3 is 0.981 bits per heavy atom. The second-order valence-electron chi connectivity index (χ2n) is 16.5. The van der Waals surface area contributed by atoms with Gasteiger partial charge in [0, 0.05) is 27.4 Å². The second-order valence-corrected chi connectivity index (χ2v) is 16.8. The summed E-state index contributed by atoms with van der Waals surface area (Å²) in [6, 6.07) is 15.2. The number of hydrogen-bond donors (Lipinski definition) is 0. The number of rotatable bonds is 37. The van der Waals surface area contributed by atoms with E-state index in [4.69, 9.17) is 21.1 Å². The van der Waals surface area contributed by atoms with E-state index in [1.54, 1.807) is 0 Å². The van der Waals surface area contributed by atoms with Gasteiger partial charge in [-0.1, -0.05) is 243 Å². The van der Waals surface area contributed by atoms with Crippen LogP contribution in [0.15, 0.2) is 42.5 Å². The zero-order valence-electron chi connectivity index (χ0n) is 35.5. The minimum atomic E-state index is 0.497. The lowest BCUT2D eigenvalue weighted by atomic mass is 9.99. The standard InChI is InChI=1S/C51H83ClO2/c1-3-5-7-9-11-13-15-17-19-21-23-25-27-29-31-35-41-53-50-46-37-33-34-38-47(46)51(49-43-45(44-52)39-40-48(49)50)54-42-36-32-30-28-26-24-22-20-18-16-14-12-10-8-6-4-2/h33-34,37-40,43H,3-32,35-36,41-42,44H2,1-2H3. The predicted octanol–water partition coefficient (Wildman–Crippen LogP) is 18.0. The van der Waals surface area contributed by atoms with Crippen molar-refractivity contribution in [2.75, 3.05) is 13.2 Å². The van der Waals surface area contributed by atoms with Gasteiger partial charge < -0.3 is 9.47 Å². The highest BCUT2D eigenvalue weighted by Gasteiger charge is 2.17. The quantitative estimate of drug-likeness (QED) is 0.0331. The molecule has 2 nitrogen and oxygen atoms in total. The van der Waals surface area contributed by atoms with Crippen LogP contribution < -0.4 is 9.47 Å². The van der Waals surface area contributed by atoms with E-state index in [-0.39, 0.29) is 0 Å². The van der Waals surface area contributed by atoms with Crippen LogP contribution >= 0.6 is 11.6 Å². The molecule has 0 aliphatic carbocycles. The van der Waals surface area contributed by atoms with Gasteiger partial charge in [0.15, 0.2) is 0 Å². The maximum atomic E-state index is 6.65. The number of fused-ring (bicyclic) bond motifs is 2. The van der Waals surface area contributed by atoms with Gasteiger partial charge in [0.1, 0.15) is 11.5 Å². The van der Waals surface area contributed by atoms with Crippen molar-refractivity contribution >= 4 is 33.1 Å². The molecule has 0 unspecified atom stereocenters. The van der Waals surface area contributed by atoms with E-state index in [1.165, 1.54) is 193 Å². The van der Waals surface area contributed by atoms with Gasteiger partial charge >= 0.3 is 0 Å². The molecule has 0 N–H and O–H groups in total. The fraction of sp³-hybridized carbons (Fsp3) is 0.725. The smallest absolute Gasteiger partial charge is 0.135 e. The lowest BCUT2D eigenvalue weighted by Crippen LogP contribution is -2.02. The van der Waals surface area contributed by atoms with E-state index in [9.17, 15) is 0 Å². The van der Waals surface area contributed by atoms with Crippen molar-refractivity contribution in [2.45, 2.75) is 225 Å². The summed E-state index contributed by atoms with van der Waals surface area (Å²) in [5.74, 6) is 2.48. The Kier molecular flexibility index (Phi) is 27.7. The fourth-order valence-electron chi connectivity index (χ4n) is 8.19. The van der Waals surface area contributed by atoms with Gasteiger partial charge in [-0.15, -0.1) is 11.6 Å². The summed E-state index contributed by atoms with van der Waals surface area (Å²) in [7, 11) is 0. The SMILES string of the molecule is CCCCCCCCCCCCCCCCCCOc1c2ccccc2c(OCCCCCCCCCCCCCCCCCC)c2cc(CCl)ccc12. The van der Waals surface area contributed by atoms with Crippen LogP contribution in [0.1, 0.15) is 225 Å². The maximum Gasteiger partial charge on any atom is 0.135 e. The molecule has 3 aromatic rings. The molecule has 3 heteroatoms. The number of unbranched alkanes of at least 4 members (excludes halogenated alkanes) is 30. The van der Waals surface area contributed by atoms with E-state index >= 15 is 0 Å². The number of alkyl halides is 1. The largest absolute Gasteiger partial charge is 0.492 e. The average molecular weight is 764 g/mol. The molecular weight excluding hydrogens is 680 g/mol. The van der Waals surface area contributed by atoms with Gasteiger partial charge in [0.05, 0.1) is 13.2 Å². The minimum Gasteiger partial charge on any atom is -0.492 e. The lowest BCUT2D eigenvalue weighted by Gasteiger charge is -2.18. The topological polar surface area (TPSA) is 18.5 Å². The first-order valence-electron chi connectivity index (χ1n) is 23.6. The first-order valence-corrected chi connectivity index (χ1v) is 24.1. The molecule has 0 heterocycles. The highest BCUT2D eigenvalue weighted by atomic mass is 35.5. The van der Waals surface area contributed by atoms with Crippen molar-refractivity contribution in [1.82, 2.24) is 0 Å². The minimum absolute atomic E-state index is 0.497. The highest BCUT2D eigenvalue weighted by molar-refractivity contribution is 6.17. The van der Waals surface area contributed by atoms with E-state index in [0.717, 1.165) is 64.7 Å². The summed E-state index contributed by atoms with van der Waals surface area (Å²) in [5, 5.41) is 4.57. The molecule has 3 aromatic carbocycles. The molecular formula is C51H83ClO2. The Labute approximate surface area is 339 Å². The summed E-state index contributed by atoms with van der Waals surface area (Å²) in [4.78, 5) is 0. The third kappa shape index (κ3) is 19.8. The molecule has 0 aliphatic rings. The number of hydrogen-bond acceptors (Lipinski definition) is 2. The Morgan fingerprint density at radius 1 is 0.352 bits per heavy atom. The van der Waals surface area contributed by atoms with Gasteiger partial charge in [-0.2, -0.15) is 0 Å². The molecule has 0 amide bonds. The molecule has 0 atom stereocenters. The van der Waals surface area contributed by atoms with Crippen molar-refractivity contribution in [3.05, 3.63) is 48.0 Å². The molecule has 306 valence electrons.